The van der Waals surface area contributed by atoms with Crippen molar-refractivity contribution in [3.05, 3.63) is 59.1 Å². The molecule has 1 saturated heterocycles. The molecule has 4 rings (SSSR count). The van der Waals surface area contributed by atoms with Gasteiger partial charge in [-0.2, -0.15) is 4.98 Å². The molecule has 156 valence electrons. The lowest BCUT2D eigenvalue weighted by molar-refractivity contribution is -0.125. The van der Waals surface area contributed by atoms with Crippen LogP contribution in [-0.4, -0.2) is 36.2 Å². The number of anilines is 1. The van der Waals surface area contributed by atoms with Gasteiger partial charge in [-0.1, -0.05) is 28.9 Å². The number of carbonyl (C=O) groups excluding carboxylic acids is 1. The highest BCUT2D eigenvalue weighted by Gasteiger charge is 2.27. The number of methoxy groups -OCH3 is 1. The van der Waals surface area contributed by atoms with Crippen molar-refractivity contribution in [1.29, 1.82) is 0 Å². The van der Waals surface area contributed by atoms with Crippen molar-refractivity contribution in [3.8, 4) is 17.1 Å². The number of nitrogens with zero attached hydrogens (tertiary/aromatic N) is 3. The summed E-state index contributed by atoms with van der Waals surface area (Å²) >= 11 is 5.93. The molecule has 8 heteroatoms. The maximum atomic E-state index is 12.6. The Balaban J connectivity index is 1.29. The smallest absolute Gasteiger partial charge is 0.324 e. The van der Waals surface area contributed by atoms with Gasteiger partial charge in [-0.15, -0.1) is 0 Å². The number of benzene rings is 2. The summed E-state index contributed by atoms with van der Waals surface area (Å²) in [5, 5.41) is 7.75. The maximum absolute atomic E-state index is 12.6. The largest absolute Gasteiger partial charge is 0.497 e. The molecule has 3 aromatic rings. The topological polar surface area (TPSA) is 80.5 Å². The molecule has 0 atom stereocenters. The van der Waals surface area contributed by atoms with E-state index in [0.717, 1.165) is 29.7 Å². The van der Waals surface area contributed by atoms with E-state index in [1.807, 2.05) is 41.3 Å². The van der Waals surface area contributed by atoms with Crippen LogP contribution in [0, 0.1) is 5.92 Å². The molecule has 1 amide bonds. The van der Waals surface area contributed by atoms with Crippen LogP contribution in [0.25, 0.3) is 11.4 Å². The first-order valence-corrected chi connectivity index (χ1v) is 10.3. The molecule has 0 radical (unpaired) electrons. The summed E-state index contributed by atoms with van der Waals surface area (Å²) in [7, 11) is 1.63. The summed E-state index contributed by atoms with van der Waals surface area (Å²) in [6, 6.07) is 15.5. The number of halogens is 1. The first-order valence-electron chi connectivity index (χ1n) is 9.87. The zero-order valence-electron chi connectivity index (χ0n) is 16.7. The fraction of sp³-hybridized carbons (Fsp3) is 0.318. The molecule has 1 fully saturated rings. The first kappa shape index (κ1) is 20.2. The zero-order valence-corrected chi connectivity index (χ0v) is 17.4. The highest BCUT2D eigenvalue weighted by Crippen LogP contribution is 2.25. The number of ether oxygens (including phenoxy) is 1. The van der Waals surface area contributed by atoms with E-state index in [1.165, 1.54) is 0 Å². The predicted molar refractivity (Wildman–Crippen MR) is 115 cm³/mol. The molecule has 7 nitrogen and oxygen atoms in total. The van der Waals surface area contributed by atoms with Crippen LogP contribution < -0.4 is 15.0 Å². The highest BCUT2D eigenvalue weighted by atomic mass is 35.5. The van der Waals surface area contributed by atoms with Crippen LogP contribution in [-0.2, 0) is 11.3 Å². The zero-order chi connectivity index (χ0) is 20.9. The van der Waals surface area contributed by atoms with Gasteiger partial charge in [0, 0.05) is 36.1 Å². The van der Waals surface area contributed by atoms with E-state index in [9.17, 15) is 4.79 Å². The Kier molecular flexibility index (Phi) is 6.18. The Morgan fingerprint density at radius 3 is 2.73 bits per heavy atom. The second kappa shape index (κ2) is 9.17. The van der Waals surface area contributed by atoms with Crippen LogP contribution in [0.15, 0.2) is 53.1 Å². The molecule has 2 heterocycles. The number of rotatable bonds is 6. The lowest BCUT2D eigenvalue weighted by Gasteiger charge is -2.29. The minimum atomic E-state index is -0.0227. The number of piperidine rings is 1. The third kappa shape index (κ3) is 4.74. The third-order valence-corrected chi connectivity index (χ3v) is 5.51. The van der Waals surface area contributed by atoms with Gasteiger partial charge in [-0.3, -0.25) is 4.79 Å². The predicted octanol–water partition coefficient (Wildman–Crippen LogP) is 3.93. The summed E-state index contributed by atoms with van der Waals surface area (Å²) in [4.78, 5) is 19.1. The van der Waals surface area contributed by atoms with Crippen LogP contribution in [0.1, 0.15) is 18.4 Å². The standard InChI is InChI=1S/C22H23ClN4O3/c1-29-19-4-2-3-15(13-19)14-24-21(28)17-9-11-27(12-10-17)22-25-20(26-30-22)16-5-7-18(23)8-6-16/h2-8,13,17H,9-12,14H2,1H3,(H,24,28). The molecule has 1 aliphatic heterocycles. The average molecular weight is 427 g/mol. The summed E-state index contributed by atoms with van der Waals surface area (Å²) in [5.41, 5.74) is 1.86. The van der Waals surface area contributed by atoms with Crippen LogP contribution in [0.5, 0.6) is 5.75 Å². The number of carbonyl (C=O) groups is 1. The number of amides is 1. The summed E-state index contributed by atoms with van der Waals surface area (Å²) in [5.74, 6) is 1.36. The molecule has 1 aromatic heterocycles. The van der Waals surface area contributed by atoms with Crippen LogP contribution in [0.4, 0.5) is 6.01 Å². The Bertz CT molecular complexity index is 998. The van der Waals surface area contributed by atoms with Crippen molar-refractivity contribution in [3.63, 3.8) is 0 Å². The Labute approximate surface area is 180 Å². The number of nitrogens with one attached hydrogen (secondary N) is 1. The van der Waals surface area contributed by atoms with E-state index in [0.29, 0.717) is 36.5 Å². The Morgan fingerprint density at radius 1 is 1.23 bits per heavy atom. The van der Waals surface area contributed by atoms with Gasteiger partial charge in [0.05, 0.1) is 7.11 Å². The van der Waals surface area contributed by atoms with Gasteiger partial charge >= 0.3 is 6.01 Å². The van der Waals surface area contributed by atoms with E-state index in [-0.39, 0.29) is 11.8 Å². The molecule has 0 spiro atoms. The van der Waals surface area contributed by atoms with Gasteiger partial charge in [0.15, 0.2) is 0 Å². The van der Waals surface area contributed by atoms with Crippen molar-refractivity contribution >= 4 is 23.5 Å². The van der Waals surface area contributed by atoms with Crippen molar-refractivity contribution in [2.45, 2.75) is 19.4 Å². The van der Waals surface area contributed by atoms with Crippen LogP contribution >= 0.6 is 11.6 Å². The van der Waals surface area contributed by atoms with Gasteiger partial charge in [-0.25, -0.2) is 0 Å². The molecule has 30 heavy (non-hydrogen) atoms. The molecule has 0 aliphatic carbocycles. The molecule has 0 saturated carbocycles. The lowest BCUT2D eigenvalue weighted by atomic mass is 9.96. The number of hydrogen-bond acceptors (Lipinski definition) is 6. The monoisotopic (exact) mass is 426 g/mol. The Morgan fingerprint density at radius 2 is 2.00 bits per heavy atom. The van der Waals surface area contributed by atoms with Crippen molar-refractivity contribution in [2.24, 2.45) is 5.92 Å². The maximum Gasteiger partial charge on any atom is 0.324 e. The average Bonchev–Trinajstić information content (AvgIpc) is 3.28. The second-order valence-electron chi connectivity index (χ2n) is 7.24. The summed E-state index contributed by atoms with van der Waals surface area (Å²) in [6.45, 7) is 1.88. The number of aromatic nitrogens is 2. The lowest BCUT2D eigenvalue weighted by Crippen LogP contribution is -2.40. The normalized spacial score (nSPS) is 14.5. The van der Waals surface area contributed by atoms with E-state index in [4.69, 9.17) is 20.9 Å². The van der Waals surface area contributed by atoms with Gasteiger partial charge in [0.2, 0.25) is 11.7 Å². The fourth-order valence-corrected chi connectivity index (χ4v) is 3.64. The first-order chi connectivity index (χ1) is 14.6. The summed E-state index contributed by atoms with van der Waals surface area (Å²) < 4.78 is 10.7. The van der Waals surface area contributed by atoms with Gasteiger partial charge < -0.3 is 19.5 Å². The van der Waals surface area contributed by atoms with Crippen molar-refractivity contribution in [2.75, 3.05) is 25.1 Å². The van der Waals surface area contributed by atoms with Crippen molar-refractivity contribution < 1.29 is 14.1 Å². The number of hydrogen-bond donors (Lipinski definition) is 1. The Hall–Kier alpha value is -3.06. The quantitative estimate of drug-likeness (QED) is 0.643. The van der Waals surface area contributed by atoms with E-state index in [1.54, 1.807) is 19.2 Å². The van der Waals surface area contributed by atoms with E-state index < -0.39 is 0 Å². The molecular weight excluding hydrogens is 404 g/mol. The minimum Gasteiger partial charge on any atom is -0.497 e. The molecule has 1 aliphatic rings. The third-order valence-electron chi connectivity index (χ3n) is 5.25. The SMILES string of the molecule is COc1cccc(CNC(=O)C2CCN(c3nc(-c4ccc(Cl)cc4)no3)CC2)c1. The van der Waals surface area contributed by atoms with Gasteiger partial charge in [0.1, 0.15) is 5.75 Å². The molecular formula is C22H23ClN4O3. The van der Waals surface area contributed by atoms with Gasteiger partial charge in [-0.05, 0) is 54.8 Å². The minimum absolute atomic E-state index is 0.0227. The van der Waals surface area contributed by atoms with E-state index >= 15 is 0 Å². The molecule has 1 N–H and O–H groups in total. The van der Waals surface area contributed by atoms with E-state index in [2.05, 4.69) is 15.5 Å². The van der Waals surface area contributed by atoms with Crippen LogP contribution in [0.3, 0.4) is 0 Å². The molecule has 0 bridgehead atoms. The highest BCUT2D eigenvalue weighted by molar-refractivity contribution is 6.30. The molecule has 2 aromatic carbocycles. The van der Waals surface area contributed by atoms with Crippen LogP contribution in [0.2, 0.25) is 5.02 Å². The van der Waals surface area contributed by atoms with Crippen molar-refractivity contribution in [1.82, 2.24) is 15.5 Å². The second-order valence-corrected chi connectivity index (χ2v) is 7.67. The summed E-state index contributed by atoms with van der Waals surface area (Å²) in [6.07, 6.45) is 1.48. The van der Waals surface area contributed by atoms with Gasteiger partial charge in [0.25, 0.3) is 0 Å². The molecule has 0 unspecified atom stereocenters. The fourth-order valence-electron chi connectivity index (χ4n) is 3.51.